The van der Waals surface area contributed by atoms with Gasteiger partial charge in [-0.1, -0.05) is 20.8 Å². The minimum absolute atomic E-state index is 0.0327. The molecule has 5 heteroatoms. The smallest absolute Gasteiger partial charge is 0.254 e. The normalized spacial score (nSPS) is 21.0. The molecule has 1 aromatic heterocycles. The fraction of sp³-hybridized carbons (Fsp3) is 0.714. The molecule has 0 bridgehead atoms. The number of rotatable bonds is 3. The third-order valence-corrected chi connectivity index (χ3v) is 3.64. The summed E-state index contributed by atoms with van der Waals surface area (Å²) in [5.41, 5.74) is 1.55. The van der Waals surface area contributed by atoms with Gasteiger partial charge in [-0.15, -0.1) is 0 Å². The lowest BCUT2D eigenvalue weighted by atomic mass is 10.0. The first-order chi connectivity index (χ1) is 9.02. The number of nitrogens with zero attached hydrogens (tertiary/aromatic N) is 2. The number of hydrogen-bond acceptors (Lipinski definition) is 4. The largest absolute Gasteiger partial charge is 0.368 e. The average Bonchev–Trinajstić information content (AvgIpc) is 2.37. The van der Waals surface area contributed by atoms with Crippen LogP contribution in [-0.4, -0.2) is 41.1 Å². The monoisotopic (exact) mass is 265 g/mol. The van der Waals surface area contributed by atoms with Crippen LogP contribution in [0.15, 0.2) is 4.79 Å². The van der Waals surface area contributed by atoms with Crippen LogP contribution in [0.2, 0.25) is 0 Å². The van der Waals surface area contributed by atoms with Gasteiger partial charge in [-0.25, -0.2) is 4.98 Å². The minimum atomic E-state index is -0.124. The molecule has 0 saturated carbocycles. The van der Waals surface area contributed by atoms with Crippen LogP contribution in [0, 0.1) is 6.92 Å². The van der Waals surface area contributed by atoms with Crippen molar-refractivity contribution in [1.82, 2.24) is 14.9 Å². The van der Waals surface area contributed by atoms with E-state index in [1.807, 2.05) is 20.8 Å². The fourth-order valence-corrected chi connectivity index (χ4v) is 2.60. The molecular formula is C14H23N3O2. The predicted octanol–water partition coefficient (Wildman–Crippen LogP) is 1.59. The van der Waals surface area contributed by atoms with E-state index in [4.69, 9.17) is 4.74 Å². The van der Waals surface area contributed by atoms with Gasteiger partial charge in [-0.2, -0.15) is 0 Å². The van der Waals surface area contributed by atoms with Crippen LogP contribution in [0.1, 0.15) is 49.9 Å². The van der Waals surface area contributed by atoms with Crippen molar-refractivity contribution in [2.24, 2.45) is 0 Å². The summed E-state index contributed by atoms with van der Waals surface area (Å²) in [6.45, 7) is 11.5. The minimum Gasteiger partial charge on any atom is -0.368 e. The summed E-state index contributed by atoms with van der Waals surface area (Å²) < 4.78 is 5.73. The molecule has 1 saturated heterocycles. The van der Waals surface area contributed by atoms with Gasteiger partial charge in [0.15, 0.2) is 0 Å². The Labute approximate surface area is 114 Å². The molecule has 1 atom stereocenters. The molecule has 19 heavy (non-hydrogen) atoms. The molecule has 1 aromatic rings. The Morgan fingerprint density at radius 1 is 1.53 bits per heavy atom. The standard InChI is InChI=1S/C14H23N3O2/c1-5-17-6-7-19-11(8-17)13-15-10(4)12(9(2)3)14(18)16-13/h9,11H,5-8H2,1-4H3,(H,15,16,18). The Hall–Kier alpha value is -1.20. The van der Waals surface area contributed by atoms with Crippen molar-refractivity contribution < 1.29 is 4.74 Å². The van der Waals surface area contributed by atoms with E-state index >= 15 is 0 Å². The van der Waals surface area contributed by atoms with Gasteiger partial charge in [0, 0.05) is 24.3 Å². The second-order valence-corrected chi connectivity index (χ2v) is 5.36. The van der Waals surface area contributed by atoms with Gasteiger partial charge >= 0.3 is 0 Å². The number of morpholine rings is 1. The zero-order valence-electron chi connectivity index (χ0n) is 12.2. The molecule has 106 valence electrons. The maximum atomic E-state index is 12.1. The summed E-state index contributed by atoms with van der Waals surface area (Å²) in [6.07, 6.45) is -0.124. The van der Waals surface area contributed by atoms with Crippen LogP contribution in [0.4, 0.5) is 0 Å². The lowest BCUT2D eigenvalue weighted by molar-refractivity contribution is -0.0327. The highest BCUT2D eigenvalue weighted by Crippen LogP contribution is 2.20. The number of aryl methyl sites for hydroxylation is 1. The maximum absolute atomic E-state index is 12.1. The summed E-state index contributed by atoms with van der Waals surface area (Å²) in [5, 5.41) is 0. The van der Waals surface area contributed by atoms with E-state index in [0.717, 1.165) is 30.9 Å². The van der Waals surface area contributed by atoms with E-state index in [0.29, 0.717) is 12.4 Å². The van der Waals surface area contributed by atoms with Gasteiger partial charge in [-0.05, 0) is 19.4 Å². The first kappa shape index (κ1) is 14.2. The van der Waals surface area contributed by atoms with E-state index in [2.05, 4.69) is 21.8 Å². The molecule has 1 fully saturated rings. The lowest BCUT2D eigenvalue weighted by Crippen LogP contribution is -2.39. The average molecular weight is 265 g/mol. The molecule has 5 nitrogen and oxygen atoms in total. The van der Waals surface area contributed by atoms with Gasteiger partial charge in [0.25, 0.3) is 5.56 Å². The van der Waals surface area contributed by atoms with E-state index in [1.165, 1.54) is 0 Å². The Bertz CT molecular complexity index is 496. The summed E-state index contributed by atoms with van der Waals surface area (Å²) in [4.78, 5) is 21.9. The molecule has 0 aliphatic carbocycles. The summed E-state index contributed by atoms with van der Waals surface area (Å²) in [6, 6.07) is 0. The molecule has 2 rings (SSSR count). The number of aromatic nitrogens is 2. The summed E-state index contributed by atoms with van der Waals surface area (Å²) >= 11 is 0. The molecule has 2 heterocycles. The van der Waals surface area contributed by atoms with Crippen molar-refractivity contribution in [2.45, 2.75) is 39.7 Å². The number of ether oxygens (including phenoxy) is 1. The molecule has 1 aliphatic rings. The lowest BCUT2D eigenvalue weighted by Gasteiger charge is -2.31. The first-order valence-electron chi connectivity index (χ1n) is 6.97. The molecule has 0 aromatic carbocycles. The van der Waals surface area contributed by atoms with Crippen LogP contribution in [0.5, 0.6) is 0 Å². The zero-order valence-corrected chi connectivity index (χ0v) is 12.2. The summed E-state index contributed by atoms with van der Waals surface area (Å²) in [7, 11) is 0. The second-order valence-electron chi connectivity index (χ2n) is 5.36. The third kappa shape index (κ3) is 3.04. The number of hydrogen-bond donors (Lipinski definition) is 1. The predicted molar refractivity (Wildman–Crippen MR) is 74.5 cm³/mol. The van der Waals surface area contributed by atoms with Crippen molar-refractivity contribution in [1.29, 1.82) is 0 Å². The Morgan fingerprint density at radius 3 is 2.84 bits per heavy atom. The number of likely N-dealkylation sites (N-methyl/N-ethyl adjacent to an activating group) is 1. The second kappa shape index (κ2) is 5.84. The van der Waals surface area contributed by atoms with Crippen LogP contribution < -0.4 is 5.56 Å². The summed E-state index contributed by atoms with van der Waals surface area (Å²) in [5.74, 6) is 0.842. The highest BCUT2D eigenvalue weighted by atomic mass is 16.5. The van der Waals surface area contributed by atoms with E-state index in [-0.39, 0.29) is 17.6 Å². The van der Waals surface area contributed by atoms with Gasteiger partial charge < -0.3 is 9.72 Å². The molecule has 1 aliphatic heterocycles. The molecular weight excluding hydrogens is 242 g/mol. The van der Waals surface area contributed by atoms with Crippen molar-refractivity contribution in [2.75, 3.05) is 26.2 Å². The first-order valence-corrected chi connectivity index (χ1v) is 6.97. The molecule has 1 unspecified atom stereocenters. The fourth-order valence-electron chi connectivity index (χ4n) is 2.60. The van der Waals surface area contributed by atoms with Crippen molar-refractivity contribution >= 4 is 0 Å². The number of aromatic amines is 1. The van der Waals surface area contributed by atoms with Crippen LogP contribution in [0.25, 0.3) is 0 Å². The number of H-pyrrole nitrogens is 1. The van der Waals surface area contributed by atoms with Crippen molar-refractivity contribution in [3.8, 4) is 0 Å². The van der Waals surface area contributed by atoms with Crippen molar-refractivity contribution in [3.63, 3.8) is 0 Å². The molecule has 1 N–H and O–H groups in total. The maximum Gasteiger partial charge on any atom is 0.254 e. The van der Waals surface area contributed by atoms with Gasteiger partial charge in [0.2, 0.25) is 0 Å². The van der Waals surface area contributed by atoms with E-state index < -0.39 is 0 Å². The van der Waals surface area contributed by atoms with E-state index in [9.17, 15) is 4.79 Å². The van der Waals surface area contributed by atoms with Crippen molar-refractivity contribution in [3.05, 3.63) is 27.4 Å². The highest BCUT2D eigenvalue weighted by molar-refractivity contribution is 5.20. The van der Waals surface area contributed by atoms with Crippen LogP contribution >= 0.6 is 0 Å². The van der Waals surface area contributed by atoms with Gasteiger partial charge in [0.1, 0.15) is 11.9 Å². The van der Waals surface area contributed by atoms with E-state index in [1.54, 1.807) is 0 Å². The van der Waals surface area contributed by atoms with Gasteiger partial charge in [0.05, 0.1) is 6.61 Å². The Balaban J connectivity index is 2.29. The Kier molecular flexibility index (Phi) is 4.37. The topological polar surface area (TPSA) is 58.2 Å². The van der Waals surface area contributed by atoms with Crippen LogP contribution in [0.3, 0.4) is 0 Å². The number of nitrogens with one attached hydrogen (secondary N) is 1. The SMILES string of the molecule is CCN1CCOC(c2nc(C)c(C(C)C)c(=O)[nH]2)C1. The highest BCUT2D eigenvalue weighted by Gasteiger charge is 2.24. The quantitative estimate of drug-likeness (QED) is 0.901. The molecule has 0 radical (unpaired) electrons. The van der Waals surface area contributed by atoms with Gasteiger partial charge in [-0.3, -0.25) is 9.69 Å². The Morgan fingerprint density at radius 2 is 2.26 bits per heavy atom. The third-order valence-electron chi connectivity index (χ3n) is 3.64. The van der Waals surface area contributed by atoms with Crippen LogP contribution in [-0.2, 0) is 4.74 Å². The molecule has 0 amide bonds. The zero-order chi connectivity index (χ0) is 14.0. The molecule has 0 spiro atoms.